The molecule has 90 valence electrons. The van der Waals surface area contributed by atoms with Crippen molar-refractivity contribution >= 4 is 27.6 Å². The average Bonchev–Trinajstić information content (AvgIpc) is 2.51. The third kappa shape index (κ3) is 1.78. The van der Waals surface area contributed by atoms with Crippen molar-refractivity contribution in [2.24, 2.45) is 0 Å². The molecule has 4 heteroatoms. The van der Waals surface area contributed by atoms with E-state index >= 15 is 0 Å². The van der Waals surface area contributed by atoms with Crippen molar-refractivity contribution in [3.8, 4) is 0 Å². The molecule has 2 N–H and O–H groups in total. The summed E-state index contributed by atoms with van der Waals surface area (Å²) < 4.78 is 14.0. The molecule has 1 aromatic carbocycles. The lowest BCUT2D eigenvalue weighted by Crippen LogP contribution is -2.06. The number of allylic oxidation sites excluding steroid dienone is 1. The van der Waals surface area contributed by atoms with E-state index in [9.17, 15) is 4.21 Å². The predicted molar refractivity (Wildman–Crippen MR) is 74.2 cm³/mol. The molecule has 17 heavy (non-hydrogen) atoms. The molecule has 2 rings (SSSR count). The fourth-order valence-corrected chi connectivity index (χ4v) is 2.96. The van der Waals surface area contributed by atoms with Crippen molar-refractivity contribution in [1.82, 2.24) is 3.97 Å². The Morgan fingerprint density at radius 3 is 2.65 bits per heavy atom. The minimum atomic E-state index is -1.23. The zero-order chi connectivity index (χ0) is 12.7. The summed E-state index contributed by atoms with van der Waals surface area (Å²) in [4.78, 5) is 0.641. The Bertz CT molecular complexity index is 640. The molecule has 0 aliphatic carbocycles. The molecule has 0 saturated carbocycles. The third-order valence-corrected chi connectivity index (χ3v) is 4.35. The number of fused-ring (bicyclic) bond motifs is 1. The highest BCUT2D eigenvalue weighted by Crippen LogP contribution is 2.28. The van der Waals surface area contributed by atoms with E-state index < -0.39 is 11.0 Å². The lowest BCUT2D eigenvalue weighted by atomic mass is 10.1. The largest absolute Gasteiger partial charge is 0.399 e. The standard InChI is InChI=1S/C13H16N2OS/c1-8(2)17(16)15-10(4)9(3)12-7-11(14)5-6-13(12)15/h5-7H,1,14H2,2-4H3. The van der Waals surface area contributed by atoms with Crippen molar-refractivity contribution < 1.29 is 4.21 Å². The van der Waals surface area contributed by atoms with Gasteiger partial charge in [-0.1, -0.05) is 6.58 Å². The van der Waals surface area contributed by atoms with Gasteiger partial charge in [-0.25, -0.2) is 4.21 Å². The number of hydrogen-bond acceptors (Lipinski definition) is 2. The van der Waals surface area contributed by atoms with Crippen LogP contribution in [0, 0.1) is 13.8 Å². The van der Waals surface area contributed by atoms with E-state index in [1.807, 2.05) is 36.0 Å². The van der Waals surface area contributed by atoms with Crippen LogP contribution >= 0.6 is 0 Å². The Morgan fingerprint density at radius 1 is 1.41 bits per heavy atom. The number of nitrogens with zero attached hydrogens (tertiary/aromatic N) is 1. The molecule has 1 unspecified atom stereocenters. The maximum atomic E-state index is 12.2. The summed E-state index contributed by atoms with van der Waals surface area (Å²) in [6, 6.07) is 5.66. The minimum absolute atomic E-state index is 0.641. The first kappa shape index (κ1) is 11.9. The van der Waals surface area contributed by atoms with Gasteiger partial charge in [-0.05, 0) is 44.5 Å². The van der Waals surface area contributed by atoms with Crippen LogP contribution in [0.3, 0.4) is 0 Å². The number of benzene rings is 1. The lowest BCUT2D eigenvalue weighted by molar-refractivity contribution is 0.681. The second-order valence-corrected chi connectivity index (χ2v) is 5.79. The maximum Gasteiger partial charge on any atom is 0.152 e. The Kier molecular flexibility index (Phi) is 2.83. The summed E-state index contributed by atoms with van der Waals surface area (Å²) >= 11 is 0. The number of hydrogen-bond donors (Lipinski definition) is 1. The maximum absolute atomic E-state index is 12.2. The second-order valence-electron chi connectivity index (χ2n) is 4.23. The van der Waals surface area contributed by atoms with Gasteiger partial charge in [0.2, 0.25) is 0 Å². The first-order valence-electron chi connectivity index (χ1n) is 5.38. The fraction of sp³-hybridized carbons (Fsp3) is 0.231. The predicted octanol–water partition coefficient (Wildman–Crippen LogP) is 2.89. The van der Waals surface area contributed by atoms with Gasteiger partial charge in [-0.15, -0.1) is 0 Å². The molecular weight excluding hydrogens is 232 g/mol. The van der Waals surface area contributed by atoms with Gasteiger partial charge in [0.15, 0.2) is 11.0 Å². The molecule has 0 amide bonds. The summed E-state index contributed by atoms with van der Waals surface area (Å²) in [5.41, 5.74) is 9.55. The number of rotatable bonds is 2. The average molecular weight is 248 g/mol. The Morgan fingerprint density at radius 2 is 2.06 bits per heavy atom. The molecule has 1 aromatic heterocycles. The van der Waals surface area contributed by atoms with Crippen molar-refractivity contribution in [1.29, 1.82) is 0 Å². The topological polar surface area (TPSA) is 48.0 Å². The van der Waals surface area contributed by atoms with Crippen molar-refractivity contribution in [2.75, 3.05) is 5.73 Å². The Labute approximate surface area is 104 Å². The number of aryl methyl sites for hydroxylation is 1. The molecule has 1 heterocycles. The van der Waals surface area contributed by atoms with E-state index in [-0.39, 0.29) is 0 Å². The van der Waals surface area contributed by atoms with Crippen LogP contribution in [0.15, 0.2) is 29.7 Å². The van der Waals surface area contributed by atoms with Gasteiger partial charge < -0.3 is 5.73 Å². The summed E-state index contributed by atoms with van der Waals surface area (Å²) in [5, 5.41) is 1.05. The van der Waals surface area contributed by atoms with E-state index in [1.54, 1.807) is 6.92 Å². The molecule has 0 fully saturated rings. The first-order chi connectivity index (χ1) is 7.93. The minimum Gasteiger partial charge on any atom is -0.399 e. The van der Waals surface area contributed by atoms with Crippen LogP contribution in [-0.4, -0.2) is 8.18 Å². The molecule has 3 nitrogen and oxygen atoms in total. The molecule has 0 radical (unpaired) electrons. The van der Waals surface area contributed by atoms with Crippen molar-refractivity contribution in [3.05, 3.63) is 40.9 Å². The summed E-state index contributed by atoms with van der Waals surface area (Å²) in [6.45, 7) is 9.51. The van der Waals surface area contributed by atoms with Gasteiger partial charge >= 0.3 is 0 Å². The van der Waals surface area contributed by atoms with E-state index in [1.165, 1.54) is 0 Å². The smallest absolute Gasteiger partial charge is 0.152 e. The molecule has 0 spiro atoms. The number of anilines is 1. The van der Waals surface area contributed by atoms with Crippen LogP contribution < -0.4 is 5.73 Å². The zero-order valence-electron chi connectivity index (χ0n) is 10.3. The zero-order valence-corrected chi connectivity index (χ0v) is 11.1. The summed E-state index contributed by atoms with van der Waals surface area (Å²) in [6.07, 6.45) is 0. The number of aromatic nitrogens is 1. The fourth-order valence-electron chi connectivity index (χ4n) is 1.93. The molecule has 0 aliphatic heterocycles. The monoisotopic (exact) mass is 248 g/mol. The number of nitrogens with two attached hydrogens (primary N) is 1. The highest BCUT2D eigenvalue weighted by atomic mass is 32.2. The van der Waals surface area contributed by atoms with Crippen LogP contribution in [0.25, 0.3) is 10.9 Å². The van der Waals surface area contributed by atoms with E-state index in [0.29, 0.717) is 4.91 Å². The Balaban J connectivity index is 2.84. The third-order valence-electron chi connectivity index (χ3n) is 2.95. The Hall–Kier alpha value is -1.55. The van der Waals surface area contributed by atoms with Gasteiger partial charge in [0, 0.05) is 21.7 Å². The van der Waals surface area contributed by atoms with Gasteiger partial charge in [0.25, 0.3) is 0 Å². The van der Waals surface area contributed by atoms with E-state index in [4.69, 9.17) is 5.73 Å². The molecule has 2 aromatic rings. The van der Waals surface area contributed by atoms with Crippen LogP contribution in [0.2, 0.25) is 0 Å². The van der Waals surface area contributed by atoms with Gasteiger partial charge in [0.05, 0.1) is 5.52 Å². The highest BCUT2D eigenvalue weighted by Gasteiger charge is 2.15. The van der Waals surface area contributed by atoms with Crippen molar-refractivity contribution in [3.63, 3.8) is 0 Å². The van der Waals surface area contributed by atoms with E-state index in [0.717, 1.165) is 27.8 Å². The van der Waals surface area contributed by atoms with Crippen LogP contribution in [0.1, 0.15) is 18.2 Å². The van der Waals surface area contributed by atoms with Gasteiger partial charge in [0.1, 0.15) is 0 Å². The second kappa shape index (κ2) is 4.04. The highest BCUT2D eigenvalue weighted by molar-refractivity contribution is 7.87. The quantitative estimate of drug-likeness (QED) is 0.831. The number of nitrogen functional groups attached to an aromatic ring is 1. The molecule has 0 saturated heterocycles. The lowest BCUT2D eigenvalue weighted by Gasteiger charge is -2.07. The van der Waals surface area contributed by atoms with Gasteiger partial charge in [-0.3, -0.25) is 3.97 Å². The van der Waals surface area contributed by atoms with Crippen LogP contribution in [-0.2, 0) is 11.0 Å². The molecular formula is C13H16N2OS. The first-order valence-corrected chi connectivity index (χ1v) is 6.49. The van der Waals surface area contributed by atoms with Crippen molar-refractivity contribution in [2.45, 2.75) is 20.8 Å². The normalized spacial score (nSPS) is 12.9. The molecule has 0 bridgehead atoms. The summed E-state index contributed by atoms with van der Waals surface area (Å²) in [5.74, 6) is 0. The molecule has 1 atom stereocenters. The SMILES string of the molecule is C=C(C)S(=O)n1c(C)c(C)c2cc(N)ccc21. The van der Waals surface area contributed by atoms with Crippen LogP contribution in [0.5, 0.6) is 0 Å². The summed E-state index contributed by atoms with van der Waals surface area (Å²) in [7, 11) is -1.23. The van der Waals surface area contributed by atoms with E-state index in [2.05, 4.69) is 6.58 Å². The van der Waals surface area contributed by atoms with Crippen LogP contribution in [0.4, 0.5) is 5.69 Å². The van der Waals surface area contributed by atoms with Gasteiger partial charge in [-0.2, -0.15) is 0 Å². The molecule has 0 aliphatic rings.